The van der Waals surface area contributed by atoms with E-state index in [9.17, 15) is 14.9 Å². The molecule has 0 aromatic heterocycles. The van der Waals surface area contributed by atoms with E-state index in [-0.39, 0.29) is 22.9 Å². The third kappa shape index (κ3) is 6.01. The molecule has 0 aliphatic carbocycles. The van der Waals surface area contributed by atoms with Crippen LogP contribution in [0.2, 0.25) is 0 Å². The van der Waals surface area contributed by atoms with Crippen LogP contribution in [0.1, 0.15) is 30.1 Å². The second-order valence-electron chi connectivity index (χ2n) is 7.06. The molecule has 1 heterocycles. The summed E-state index contributed by atoms with van der Waals surface area (Å²) in [6, 6.07) is 15.7. The number of nitriles is 1. The van der Waals surface area contributed by atoms with E-state index in [1.807, 2.05) is 37.3 Å². The Morgan fingerprint density at radius 2 is 1.94 bits per heavy atom. The Kier molecular flexibility index (Phi) is 8.09. The molecule has 1 aliphatic rings. The minimum absolute atomic E-state index is 0.142. The van der Waals surface area contributed by atoms with Crippen molar-refractivity contribution in [3.8, 4) is 17.6 Å². The van der Waals surface area contributed by atoms with Gasteiger partial charge in [0.1, 0.15) is 24.4 Å². The third-order valence-electron chi connectivity index (χ3n) is 4.65. The Morgan fingerprint density at radius 1 is 1.19 bits per heavy atom. The van der Waals surface area contributed by atoms with Crippen molar-refractivity contribution in [3.63, 3.8) is 0 Å². The molecule has 3 rings (SSSR count). The van der Waals surface area contributed by atoms with E-state index < -0.39 is 11.9 Å². The van der Waals surface area contributed by atoms with E-state index in [0.29, 0.717) is 31.3 Å². The Balaban J connectivity index is 1.58. The summed E-state index contributed by atoms with van der Waals surface area (Å²) in [6.45, 7) is 2.99. The van der Waals surface area contributed by atoms with Crippen molar-refractivity contribution in [1.82, 2.24) is 5.32 Å². The smallest absolute Gasteiger partial charge is 0.340 e. The van der Waals surface area contributed by atoms with Crippen LogP contribution < -0.4 is 20.1 Å². The molecule has 0 saturated carbocycles. The summed E-state index contributed by atoms with van der Waals surface area (Å²) in [5.41, 5.74) is 0.366. The number of amides is 1. The average molecular weight is 435 g/mol. The predicted octanol–water partition coefficient (Wildman–Crippen LogP) is 3.42. The number of benzene rings is 2. The molecule has 2 N–H and O–H groups in total. The summed E-state index contributed by atoms with van der Waals surface area (Å²) in [7, 11) is 0. The molecule has 0 fully saturated rings. The molecular weight excluding hydrogens is 410 g/mol. The zero-order valence-corrected chi connectivity index (χ0v) is 17.8. The van der Waals surface area contributed by atoms with Crippen LogP contribution in [0.5, 0.6) is 11.5 Å². The molecule has 0 bridgehead atoms. The number of hydrogen-bond donors (Lipinski definition) is 2. The van der Waals surface area contributed by atoms with Gasteiger partial charge in [-0.15, -0.1) is 0 Å². The fraction of sp³-hybridized carbons (Fsp3) is 0.292. The van der Waals surface area contributed by atoms with Crippen LogP contribution in [0.3, 0.4) is 0 Å². The van der Waals surface area contributed by atoms with Gasteiger partial charge < -0.3 is 24.8 Å². The van der Waals surface area contributed by atoms with Gasteiger partial charge in [0.05, 0.1) is 24.4 Å². The van der Waals surface area contributed by atoms with E-state index in [0.717, 1.165) is 12.8 Å². The Bertz CT molecular complexity index is 1030. The predicted molar refractivity (Wildman–Crippen MR) is 118 cm³/mol. The summed E-state index contributed by atoms with van der Waals surface area (Å²) in [5.74, 6) is 0.170. The monoisotopic (exact) mass is 435 g/mol. The van der Waals surface area contributed by atoms with Crippen LogP contribution in [0.25, 0.3) is 0 Å². The number of para-hydroxylation sites is 3. The molecule has 0 saturated heterocycles. The lowest BCUT2D eigenvalue weighted by Crippen LogP contribution is -2.37. The van der Waals surface area contributed by atoms with E-state index in [2.05, 4.69) is 10.6 Å². The number of fused-ring (bicyclic) bond motifs is 1. The van der Waals surface area contributed by atoms with Gasteiger partial charge >= 0.3 is 5.97 Å². The summed E-state index contributed by atoms with van der Waals surface area (Å²) < 4.78 is 16.7. The Labute approximate surface area is 186 Å². The van der Waals surface area contributed by atoms with Crippen molar-refractivity contribution < 1.29 is 23.8 Å². The van der Waals surface area contributed by atoms with Crippen LogP contribution in [0.4, 0.5) is 5.69 Å². The molecule has 32 heavy (non-hydrogen) atoms. The van der Waals surface area contributed by atoms with Crippen molar-refractivity contribution >= 4 is 17.6 Å². The second kappa shape index (κ2) is 11.4. The first kappa shape index (κ1) is 22.7. The van der Waals surface area contributed by atoms with Crippen molar-refractivity contribution in [2.24, 2.45) is 0 Å². The van der Waals surface area contributed by atoms with Crippen molar-refractivity contribution in [2.75, 3.05) is 25.1 Å². The van der Waals surface area contributed by atoms with Crippen molar-refractivity contribution in [1.29, 1.82) is 5.26 Å². The Hall–Kier alpha value is -3.99. The summed E-state index contributed by atoms with van der Waals surface area (Å²) in [6.07, 6.45) is 2.71. The van der Waals surface area contributed by atoms with Gasteiger partial charge in [-0.2, -0.15) is 5.26 Å². The normalized spacial score (nSPS) is 14.8. The number of hydrogen-bond acceptors (Lipinski definition) is 7. The second-order valence-corrected chi connectivity index (χ2v) is 7.06. The van der Waals surface area contributed by atoms with Gasteiger partial charge in [0.25, 0.3) is 5.91 Å². The lowest BCUT2D eigenvalue weighted by atomic mass is 10.1. The number of carbonyl (C=O) groups is 2. The fourth-order valence-corrected chi connectivity index (χ4v) is 2.95. The largest absolute Gasteiger partial charge is 0.486 e. The summed E-state index contributed by atoms with van der Waals surface area (Å²) in [5, 5.41) is 14.9. The minimum atomic E-state index is -0.639. The summed E-state index contributed by atoms with van der Waals surface area (Å²) in [4.78, 5) is 24.9. The highest BCUT2D eigenvalue weighted by molar-refractivity contribution is 6.09. The van der Waals surface area contributed by atoms with E-state index >= 15 is 0 Å². The summed E-state index contributed by atoms with van der Waals surface area (Å²) >= 11 is 0. The van der Waals surface area contributed by atoms with Gasteiger partial charge in [-0.25, -0.2) is 4.79 Å². The first-order valence-corrected chi connectivity index (χ1v) is 10.4. The van der Waals surface area contributed by atoms with Gasteiger partial charge in [0.2, 0.25) is 0 Å². The third-order valence-corrected chi connectivity index (χ3v) is 4.65. The first-order chi connectivity index (χ1) is 15.6. The van der Waals surface area contributed by atoms with Crippen molar-refractivity contribution in [3.05, 3.63) is 65.9 Å². The van der Waals surface area contributed by atoms with Crippen LogP contribution >= 0.6 is 0 Å². The molecule has 1 amide bonds. The highest BCUT2D eigenvalue weighted by atomic mass is 16.6. The Morgan fingerprint density at radius 3 is 2.72 bits per heavy atom. The zero-order chi connectivity index (χ0) is 22.8. The molecular formula is C24H25N3O5. The maximum Gasteiger partial charge on any atom is 0.340 e. The number of anilines is 1. The molecule has 0 radical (unpaired) electrons. The number of nitrogens with zero attached hydrogens (tertiary/aromatic N) is 1. The molecule has 1 unspecified atom stereocenters. The SMILES string of the molecule is CCCCOC(=O)c1ccccc1NC(=O)/C(C#N)=C\NCC1COc2ccccc2O1. The van der Waals surface area contributed by atoms with E-state index in [1.165, 1.54) is 6.20 Å². The number of ether oxygens (including phenoxy) is 3. The van der Waals surface area contributed by atoms with Crippen LogP contribution in [0.15, 0.2) is 60.3 Å². The molecule has 2 aromatic rings. The van der Waals surface area contributed by atoms with E-state index in [1.54, 1.807) is 24.3 Å². The lowest BCUT2D eigenvalue weighted by Gasteiger charge is -2.26. The van der Waals surface area contributed by atoms with E-state index in [4.69, 9.17) is 14.2 Å². The van der Waals surface area contributed by atoms with Gasteiger partial charge in [-0.1, -0.05) is 37.6 Å². The average Bonchev–Trinajstić information content (AvgIpc) is 2.82. The molecule has 2 aromatic carbocycles. The molecule has 166 valence electrons. The number of esters is 1. The molecule has 8 nitrogen and oxygen atoms in total. The minimum Gasteiger partial charge on any atom is -0.486 e. The van der Waals surface area contributed by atoms with Crippen molar-refractivity contribution in [2.45, 2.75) is 25.9 Å². The van der Waals surface area contributed by atoms with Crippen LogP contribution in [-0.2, 0) is 9.53 Å². The quantitative estimate of drug-likeness (QED) is 0.269. The first-order valence-electron chi connectivity index (χ1n) is 10.4. The van der Waals surface area contributed by atoms with Gasteiger partial charge in [0, 0.05) is 6.20 Å². The lowest BCUT2D eigenvalue weighted by molar-refractivity contribution is -0.112. The number of carbonyl (C=O) groups excluding carboxylic acids is 2. The maximum atomic E-state index is 12.6. The maximum absolute atomic E-state index is 12.6. The fourth-order valence-electron chi connectivity index (χ4n) is 2.95. The molecule has 1 aliphatic heterocycles. The standard InChI is InChI=1S/C24H25N3O5/c1-2-3-12-30-24(29)19-8-4-5-9-20(19)27-23(28)17(13-25)14-26-15-18-16-31-21-10-6-7-11-22(21)32-18/h4-11,14,18,26H,2-3,12,15-16H2,1H3,(H,27,28)/b17-14-. The topological polar surface area (TPSA) is 110 Å². The number of nitrogens with one attached hydrogen (secondary N) is 2. The van der Waals surface area contributed by atoms with Gasteiger partial charge in [-0.05, 0) is 30.7 Å². The zero-order valence-electron chi connectivity index (χ0n) is 17.8. The highest BCUT2D eigenvalue weighted by Gasteiger charge is 2.20. The molecule has 0 spiro atoms. The highest BCUT2D eigenvalue weighted by Crippen LogP contribution is 2.30. The number of rotatable bonds is 9. The molecule has 1 atom stereocenters. The van der Waals surface area contributed by atoms with Crippen LogP contribution in [0, 0.1) is 11.3 Å². The number of unbranched alkanes of at least 4 members (excludes halogenated alkanes) is 1. The van der Waals surface area contributed by atoms with Gasteiger partial charge in [-0.3, -0.25) is 4.79 Å². The van der Waals surface area contributed by atoms with Crippen LogP contribution in [-0.4, -0.2) is 37.7 Å². The molecule has 8 heteroatoms. The van der Waals surface area contributed by atoms with Gasteiger partial charge in [0.15, 0.2) is 11.5 Å².